The molecule has 1 aliphatic heterocycles. The van der Waals surface area contributed by atoms with E-state index in [1.165, 1.54) is 5.56 Å². The van der Waals surface area contributed by atoms with Gasteiger partial charge in [0.05, 0.1) is 6.34 Å². The summed E-state index contributed by atoms with van der Waals surface area (Å²) in [6, 6.07) is 8.27. The summed E-state index contributed by atoms with van der Waals surface area (Å²) in [6.45, 7) is 4.09. The molecule has 0 saturated heterocycles. The van der Waals surface area contributed by atoms with Gasteiger partial charge in [-0.15, -0.1) is 0 Å². The standard InChI is InChI=1S/C13H18N4/c1-10-4-6-11(7-5-10)17-12-8-13(2,14-3)16-9-15-12/h4-9,14,17H,1-3H3,(H,15,16). The largest absolute Gasteiger partial charge is 0.342 e. The number of rotatable bonds is 3. The van der Waals surface area contributed by atoms with E-state index in [0.29, 0.717) is 0 Å². The van der Waals surface area contributed by atoms with Crippen LogP contribution in [0.3, 0.4) is 0 Å². The van der Waals surface area contributed by atoms with Crippen molar-refractivity contribution >= 4 is 12.0 Å². The molecule has 4 heteroatoms. The Balaban J connectivity index is 2.12. The SMILES string of the molecule is CNC1(C)C=C(Nc2ccc(C)cc2)NC=N1. The minimum atomic E-state index is -0.349. The van der Waals surface area contributed by atoms with Crippen LogP contribution in [0.1, 0.15) is 12.5 Å². The molecule has 2 rings (SSSR count). The zero-order valence-electron chi connectivity index (χ0n) is 10.4. The predicted octanol–water partition coefficient (Wildman–Crippen LogP) is 1.82. The van der Waals surface area contributed by atoms with Crippen LogP contribution in [-0.2, 0) is 0 Å². The zero-order valence-corrected chi connectivity index (χ0v) is 10.4. The van der Waals surface area contributed by atoms with Crippen LogP contribution in [0.25, 0.3) is 0 Å². The van der Waals surface area contributed by atoms with Gasteiger partial charge in [-0.1, -0.05) is 17.7 Å². The summed E-state index contributed by atoms with van der Waals surface area (Å²) in [5, 5.41) is 9.56. The Hall–Kier alpha value is -1.81. The molecule has 0 spiro atoms. The summed E-state index contributed by atoms with van der Waals surface area (Å²) < 4.78 is 0. The molecule has 0 aliphatic carbocycles. The monoisotopic (exact) mass is 230 g/mol. The Labute approximate surface area is 102 Å². The molecule has 0 amide bonds. The molecule has 4 nitrogen and oxygen atoms in total. The maximum atomic E-state index is 4.32. The molecule has 1 aliphatic rings. The lowest BCUT2D eigenvalue weighted by molar-refractivity contribution is 0.493. The topological polar surface area (TPSA) is 48.4 Å². The second-order valence-electron chi connectivity index (χ2n) is 4.35. The first-order valence-electron chi connectivity index (χ1n) is 5.67. The van der Waals surface area contributed by atoms with E-state index in [1.807, 2.05) is 20.0 Å². The van der Waals surface area contributed by atoms with Crippen molar-refractivity contribution in [3.05, 3.63) is 41.7 Å². The van der Waals surface area contributed by atoms with Crippen LogP contribution < -0.4 is 16.0 Å². The molecular formula is C13H18N4. The number of hydrogen-bond acceptors (Lipinski definition) is 4. The van der Waals surface area contributed by atoms with Crippen molar-refractivity contribution in [3.8, 4) is 0 Å². The Kier molecular flexibility index (Phi) is 3.15. The molecule has 90 valence electrons. The molecule has 1 heterocycles. The van der Waals surface area contributed by atoms with Gasteiger partial charge in [-0.3, -0.25) is 5.32 Å². The molecule has 3 N–H and O–H groups in total. The molecule has 1 unspecified atom stereocenters. The molecule has 0 fully saturated rings. The van der Waals surface area contributed by atoms with Crippen LogP contribution in [0.5, 0.6) is 0 Å². The third kappa shape index (κ3) is 2.85. The number of nitrogens with zero attached hydrogens (tertiary/aromatic N) is 1. The normalized spacial score (nSPS) is 22.9. The van der Waals surface area contributed by atoms with E-state index in [9.17, 15) is 0 Å². The summed E-state index contributed by atoms with van der Waals surface area (Å²) >= 11 is 0. The first kappa shape index (κ1) is 11.7. The van der Waals surface area contributed by atoms with Crippen molar-refractivity contribution in [2.75, 3.05) is 12.4 Å². The second-order valence-corrected chi connectivity index (χ2v) is 4.35. The smallest absolute Gasteiger partial charge is 0.131 e. The van der Waals surface area contributed by atoms with Gasteiger partial charge in [-0.05, 0) is 39.1 Å². The van der Waals surface area contributed by atoms with Gasteiger partial charge < -0.3 is 10.6 Å². The Morgan fingerprint density at radius 2 is 1.94 bits per heavy atom. The molecule has 0 radical (unpaired) electrons. The van der Waals surface area contributed by atoms with Crippen molar-refractivity contribution in [1.29, 1.82) is 0 Å². The summed E-state index contributed by atoms with van der Waals surface area (Å²) in [7, 11) is 1.89. The van der Waals surface area contributed by atoms with Gasteiger partial charge in [0.1, 0.15) is 11.5 Å². The highest BCUT2D eigenvalue weighted by Gasteiger charge is 2.20. The minimum absolute atomic E-state index is 0.349. The molecular weight excluding hydrogens is 212 g/mol. The van der Waals surface area contributed by atoms with E-state index < -0.39 is 0 Å². The van der Waals surface area contributed by atoms with Gasteiger partial charge >= 0.3 is 0 Å². The fourth-order valence-corrected chi connectivity index (χ4v) is 1.60. The summed E-state index contributed by atoms with van der Waals surface area (Å²) in [5.41, 5.74) is 1.96. The van der Waals surface area contributed by atoms with Crippen LogP contribution in [0.15, 0.2) is 41.2 Å². The van der Waals surface area contributed by atoms with Crippen LogP contribution in [-0.4, -0.2) is 19.0 Å². The fraction of sp³-hybridized carbons (Fsp3) is 0.308. The van der Waals surface area contributed by atoms with E-state index in [1.54, 1.807) is 6.34 Å². The minimum Gasteiger partial charge on any atom is -0.342 e. The number of benzene rings is 1. The van der Waals surface area contributed by atoms with Gasteiger partial charge in [0.2, 0.25) is 0 Å². The van der Waals surface area contributed by atoms with Crippen molar-refractivity contribution < 1.29 is 0 Å². The summed E-state index contributed by atoms with van der Waals surface area (Å²) in [4.78, 5) is 4.32. The second kappa shape index (κ2) is 4.59. The lowest BCUT2D eigenvalue weighted by Gasteiger charge is -2.26. The molecule has 0 saturated carbocycles. The zero-order chi connectivity index (χ0) is 12.3. The van der Waals surface area contributed by atoms with Gasteiger partial charge in [-0.25, -0.2) is 4.99 Å². The highest BCUT2D eigenvalue weighted by Crippen LogP contribution is 2.15. The van der Waals surface area contributed by atoms with E-state index in [4.69, 9.17) is 0 Å². The number of likely N-dealkylation sites (N-methyl/N-ethyl adjacent to an activating group) is 1. The number of aryl methyl sites for hydroxylation is 1. The first-order chi connectivity index (χ1) is 8.11. The van der Waals surface area contributed by atoms with Crippen molar-refractivity contribution in [3.63, 3.8) is 0 Å². The van der Waals surface area contributed by atoms with Gasteiger partial charge in [0.25, 0.3) is 0 Å². The van der Waals surface area contributed by atoms with E-state index in [0.717, 1.165) is 11.5 Å². The third-order valence-corrected chi connectivity index (χ3v) is 2.81. The Bertz CT molecular complexity index is 447. The highest BCUT2D eigenvalue weighted by molar-refractivity contribution is 5.63. The Morgan fingerprint density at radius 3 is 2.59 bits per heavy atom. The Morgan fingerprint density at radius 1 is 1.24 bits per heavy atom. The average molecular weight is 230 g/mol. The molecule has 1 aromatic carbocycles. The van der Waals surface area contributed by atoms with Crippen LogP contribution >= 0.6 is 0 Å². The molecule has 0 aromatic heterocycles. The number of hydrogen-bond donors (Lipinski definition) is 3. The maximum Gasteiger partial charge on any atom is 0.131 e. The molecule has 1 aromatic rings. The van der Waals surface area contributed by atoms with Crippen LogP contribution in [0.2, 0.25) is 0 Å². The average Bonchev–Trinajstić information content (AvgIpc) is 2.32. The number of aliphatic imine (C=N–C) groups is 1. The molecule has 17 heavy (non-hydrogen) atoms. The molecule has 1 atom stereocenters. The first-order valence-corrected chi connectivity index (χ1v) is 5.67. The van der Waals surface area contributed by atoms with Crippen LogP contribution in [0, 0.1) is 6.92 Å². The van der Waals surface area contributed by atoms with Gasteiger partial charge in [0, 0.05) is 5.69 Å². The lowest BCUT2D eigenvalue weighted by atomic mass is 10.2. The lowest BCUT2D eigenvalue weighted by Crippen LogP contribution is -2.41. The van der Waals surface area contributed by atoms with Crippen molar-refractivity contribution in [1.82, 2.24) is 10.6 Å². The van der Waals surface area contributed by atoms with Crippen molar-refractivity contribution in [2.45, 2.75) is 19.5 Å². The van der Waals surface area contributed by atoms with Crippen molar-refractivity contribution in [2.24, 2.45) is 4.99 Å². The third-order valence-electron chi connectivity index (χ3n) is 2.81. The van der Waals surface area contributed by atoms with E-state index in [-0.39, 0.29) is 5.66 Å². The maximum absolute atomic E-state index is 4.32. The van der Waals surface area contributed by atoms with Gasteiger partial charge in [-0.2, -0.15) is 0 Å². The summed E-state index contributed by atoms with van der Waals surface area (Å²) in [6.07, 6.45) is 3.72. The summed E-state index contributed by atoms with van der Waals surface area (Å²) in [5.74, 6) is 0.931. The van der Waals surface area contributed by atoms with Gasteiger partial charge in [0.15, 0.2) is 0 Å². The van der Waals surface area contributed by atoms with E-state index in [2.05, 4.69) is 52.1 Å². The van der Waals surface area contributed by atoms with Crippen LogP contribution in [0.4, 0.5) is 5.69 Å². The predicted molar refractivity (Wildman–Crippen MR) is 72.0 cm³/mol. The number of anilines is 1. The van der Waals surface area contributed by atoms with E-state index >= 15 is 0 Å². The number of nitrogens with one attached hydrogen (secondary N) is 3. The molecule has 0 bridgehead atoms. The highest BCUT2D eigenvalue weighted by atomic mass is 15.2. The fourth-order valence-electron chi connectivity index (χ4n) is 1.60. The quantitative estimate of drug-likeness (QED) is 0.742.